The summed E-state index contributed by atoms with van der Waals surface area (Å²) in [7, 11) is 0. The van der Waals surface area contributed by atoms with E-state index in [1.54, 1.807) is 35.2 Å². The van der Waals surface area contributed by atoms with Crippen LogP contribution in [0.5, 0.6) is 0 Å². The van der Waals surface area contributed by atoms with Gasteiger partial charge in [-0.1, -0.05) is 18.2 Å². The summed E-state index contributed by atoms with van der Waals surface area (Å²) in [6.07, 6.45) is 0. The highest BCUT2D eigenvalue weighted by Gasteiger charge is 2.21. The minimum atomic E-state index is -0.356. The maximum absolute atomic E-state index is 14.2. The maximum Gasteiger partial charge on any atom is 0.270 e. The fourth-order valence-corrected chi connectivity index (χ4v) is 3.56. The molecule has 1 N–H and O–H groups in total. The van der Waals surface area contributed by atoms with E-state index in [4.69, 9.17) is 4.74 Å². The lowest BCUT2D eigenvalue weighted by atomic mass is 10.2. The van der Waals surface area contributed by atoms with Crippen LogP contribution in [0.15, 0.2) is 48.5 Å². The molecule has 0 radical (unpaired) electrons. The van der Waals surface area contributed by atoms with Gasteiger partial charge in [-0.2, -0.15) is 0 Å². The van der Waals surface area contributed by atoms with E-state index >= 15 is 0 Å². The summed E-state index contributed by atoms with van der Waals surface area (Å²) in [6, 6.07) is 12.5. The molecule has 0 spiro atoms. The molecule has 2 heterocycles. The first kappa shape index (κ1) is 19.5. The number of carbonyl (C=O) groups excluding carboxylic acids is 1. The van der Waals surface area contributed by atoms with Crippen molar-refractivity contribution in [3.8, 4) is 0 Å². The minimum Gasteiger partial charge on any atom is -0.379 e. The van der Waals surface area contributed by atoms with Crippen LogP contribution in [0.3, 0.4) is 0 Å². The first-order chi connectivity index (χ1) is 14.1. The first-order valence-electron chi connectivity index (χ1n) is 9.71. The average molecular weight is 399 g/mol. The monoisotopic (exact) mass is 399 g/mol. The number of hydrogen-bond donors (Lipinski definition) is 1. The smallest absolute Gasteiger partial charge is 0.270 e. The van der Waals surface area contributed by atoms with Gasteiger partial charge in [0.25, 0.3) is 5.91 Å². The Morgan fingerprint density at radius 2 is 1.90 bits per heavy atom. The van der Waals surface area contributed by atoms with Crippen molar-refractivity contribution < 1.29 is 18.3 Å². The summed E-state index contributed by atoms with van der Waals surface area (Å²) in [6.45, 7) is 4.28. The maximum atomic E-state index is 14.2. The number of rotatable bonds is 6. The number of halogens is 2. The van der Waals surface area contributed by atoms with E-state index in [0.29, 0.717) is 48.5 Å². The molecular weight excluding hydrogens is 376 g/mol. The first-order valence-corrected chi connectivity index (χ1v) is 9.71. The molecule has 29 heavy (non-hydrogen) atoms. The van der Waals surface area contributed by atoms with Crippen LogP contribution in [0.4, 0.5) is 8.78 Å². The summed E-state index contributed by atoms with van der Waals surface area (Å²) in [5, 5.41) is 0.632. The zero-order valence-electron chi connectivity index (χ0n) is 16.0. The zero-order chi connectivity index (χ0) is 20.2. The number of benzene rings is 2. The predicted molar refractivity (Wildman–Crippen MR) is 107 cm³/mol. The molecule has 0 saturated carbocycles. The highest BCUT2D eigenvalue weighted by Crippen LogP contribution is 2.19. The van der Waals surface area contributed by atoms with Crippen molar-refractivity contribution in [1.82, 2.24) is 14.8 Å². The van der Waals surface area contributed by atoms with Gasteiger partial charge in [0.05, 0.1) is 13.2 Å². The SMILES string of the molecule is O=C(c1cc2cc(F)ccc2[nH]1)N(CCN1CCOCC1)Cc1ccccc1F. The summed E-state index contributed by atoms with van der Waals surface area (Å²) in [5.41, 5.74) is 1.52. The molecule has 1 saturated heterocycles. The molecule has 152 valence electrons. The van der Waals surface area contributed by atoms with Crippen molar-refractivity contribution in [3.05, 3.63) is 71.4 Å². The Hall–Kier alpha value is -2.77. The number of carbonyl (C=O) groups is 1. The second-order valence-electron chi connectivity index (χ2n) is 7.19. The van der Waals surface area contributed by atoms with Crippen LogP contribution in [-0.4, -0.2) is 60.1 Å². The van der Waals surface area contributed by atoms with Gasteiger partial charge in [0.1, 0.15) is 17.3 Å². The van der Waals surface area contributed by atoms with Gasteiger partial charge in [-0.25, -0.2) is 8.78 Å². The van der Waals surface area contributed by atoms with Crippen LogP contribution in [0.1, 0.15) is 16.1 Å². The Bertz CT molecular complexity index is 999. The molecule has 0 aliphatic carbocycles. The van der Waals surface area contributed by atoms with Gasteiger partial charge >= 0.3 is 0 Å². The van der Waals surface area contributed by atoms with E-state index in [2.05, 4.69) is 9.88 Å². The number of amides is 1. The van der Waals surface area contributed by atoms with Gasteiger partial charge in [0.15, 0.2) is 0 Å². The average Bonchev–Trinajstić information content (AvgIpc) is 3.16. The molecule has 1 aliphatic heterocycles. The van der Waals surface area contributed by atoms with Gasteiger partial charge in [-0.05, 0) is 30.3 Å². The van der Waals surface area contributed by atoms with Crippen LogP contribution in [0.25, 0.3) is 10.9 Å². The number of morpholine rings is 1. The minimum absolute atomic E-state index is 0.166. The topological polar surface area (TPSA) is 48.6 Å². The second-order valence-corrected chi connectivity index (χ2v) is 7.19. The van der Waals surface area contributed by atoms with Gasteiger partial charge in [0.2, 0.25) is 0 Å². The van der Waals surface area contributed by atoms with Crippen LogP contribution >= 0.6 is 0 Å². The van der Waals surface area contributed by atoms with Gasteiger partial charge in [0, 0.05) is 49.2 Å². The van der Waals surface area contributed by atoms with Crippen LogP contribution < -0.4 is 0 Å². The number of nitrogens with one attached hydrogen (secondary N) is 1. The summed E-state index contributed by atoms with van der Waals surface area (Å²) >= 11 is 0. The van der Waals surface area contributed by atoms with Crippen LogP contribution in [0, 0.1) is 11.6 Å². The number of ether oxygens (including phenoxy) is 1. The number of nitrogens with zero attached hydrogens (tertiary/aromatic N) is 2. The molecule has 0 bridgehead atoms. The molecule has 0 unspecified atom stereocenters. The zero-order valence-corrected chi connectivity index (χ0v) is 16.0. The van der Waals surface area contributed by atoms with E-state index in [-0.39, 0.29) is 24.1 Å². The molecule has 1 aliphatic rings. The van der Waals surface area contributed by atoms with Gasteiger partial charge in [-0.15, -0.1) is 0 Å². The lowest BCUT2D eigenvalue weighted by Gasteiger charge is -2.30. The van der Waals surface area contributed by atoms with Crippen LogP contribution in [-0.2, 0) is 11.3 Å². The Morgan fingerprint density at radius 3 is 2.69 bits per heavy atom. The van der Waals surface area contributed by atoms with Gasteiger partial charge in [-0.3, -0.25) is 9.69 Å². The summed E-state index contributed by atoms with van der Waals surface area (Å²) < 4.78 is 33.1. The Labute approximate surface area is 167 Å². The molecular formula is C22H23F2N3O2. The van der Waals surface area contributed by atoms with Crippen molar-refractivity contribution in [2.24, 2.45) is 0 Å². The van der Waals surface area contributed by atoms with E-state index in [9.17, 15) is 13.6 Å². The van der Waals surface area contributed by atoms with Crippen molar-refractivity contribution in [1.29, 1.82) is 0 Å². The highest BCUT2D eigenvalue weighted by molar-refractivity contribution is 5.98. The number of aromatic nitrogens is 1. The summed E-state index contributed by atoms with van der Waals surface area (Å²) in [5.74, 6) is -0.931. The van der Waals surface area contributed by atoms with Crippen molar-refractivity contribution >= 4 is 16.8 Å². The molecule has 5 nitrogen and oxygen atoms in total. The van der Waals surface area contributed by atoms with E-state index in [1.165, 1.54) is 18.2 Å². The molecule has 1 aromatic heterocycles. The molecule has 7 heteroatoms. The lowest BCUT2D eigenvalue weighted by Crippen LogP contribution is -2.43. The number of aromatic amines is 1. The highest BCUT2D eigenvalue weighted by atomic mass is 19.1. The number of hydrogen-bond acceptors (Lipinski definition) is 3. The van der Waals surface area contributed by atoms with E-state index in [1.807, 2.05) is 0 Å². The molecule has 1 fully saturated rings. The third-order valence-electron chi connectivity index (χ3n) is 5.21. The molecule has 2 aromatic carbocycles. The molecule has 4 rings (SSSR count). The predicted octanol–water partition coefficient (Wildman–Crippen LogP) is 3.42. The van der Waals surface area contributed by atoms with Crippen molar-refractivity contribution in [2.45, 2.75) is 6.54 Å². The lowest BCUT2D eigenvalue weighted by molar-refractivity contribution is 0.0319. The molecule has 1 amide bonds. The Kier molecular flexibility index (Phi) is 5.87. The number of fused-ring (bicyclic) bond motifs is 1. The third-order valence-corrected chi connectivity index (χ3v) is 5.21. The normalized spacial score (nSPS) is 15.0. The van der Waals surface area contributed by atoms with E-state index in [0.717, 1.165) is 13.1 Å². The fraction of sp³-hybridized carbons (Fsp3) is 0.318. The molecule has 0 atom stereocenters. The van der Waals surface area contributed by atoms with Gasteiger partial charge < -0.3 is 14.6 Å². The standard InChI is InChI=1S/C22H23F2N3O2/c23-18-5-6-20-17(13-18)14-21(25-20)22(28)27(8-7-26-9-11-29-12-10-26)15-16-3-1-2-4-19(16)24/h1-6,13-14,25H,7-12,15H2. The van der Waals surface area contributed by atoms with Crippen molar-refractivity contribution in [3.63, 3.8) is 0 Å². The number of H-pyrrole nitrogens is 1. The quantitative estimate of drug-likeness (QED) is 0.691. The summed E-state index contributed by atoms with van der Waals surface area (Å²) in [4.78, 5) is 20.1. The fourth-order valence-electron chi connectivity index (χ4n) is 3.56. The Balaban J connectivity index is 1.56. The third kappa shape index (κ3) is 4.63. The molecule has 3 aromatic rings. The van der Waals surface area contributed by atoms with Crippen LogP contribution in [0.2, 0.25) is 0 Å². The second kappa shape index (κ2) is 8.71. The Morgan fingerprint density at radius 1 is 1.10 bits per heavy atom. The van der Waals surface area contributed by atoms with E-state index < -0.39 is 0 Å². The largest absolute Gasteiger partial charge is 0.379 e. The van der Waals surface area contributed by atoms with Crippen molar-refractivity contribution in [2.75, 3.05) is 39.4 Å².